The fourth-order valence-electron chi connectivity index (χ4n) is 3.63. The van der Waals surface area contributed by atoms with Gasteiger partial charge in [0.15, 0.2) is 0 Å². The molecule has 0 aliphatic carbocycles. The number of thiophene rings is 2. The van der Waals surface area contributed by atoms with Gasteiger partial charge in [0.1, 0.15) is 21.5 Å². The molecular weight excluding hydrogens is 388 g/mol. The van der Waals surface area contributed by atoms with Gasteiger partial charge in [0.05, 0.1) is 5.69 Å². The highest BCUT2D eigenvalue weighted by molar-refractivity contribution is 7.20. The summed E-state index contributed by atoms with van der Waals surface area (Å²) in [5.41, 5.74) is 7.52. The molecule has 1 aliphatic rings. The van der Waals surface area contributed by atoms with Gasteiger partial charge >= 0.3 is 0 Å². The lowest BCUT2D eigenvalue weighted by molar-refractivity contribution is 0.104. The number of nitrogen functional groups attached to an aromatic ring is 1. The molecule has 1 aliphatic heterocycles. The molecule has 3 heterocycles. The Balaban J connectivity index is 1.54. The first-order valence-corrected chi connectivity index (χ1v) is 11.2. The molecule has 1 saturated heterocycles. The van der Waals surface area contributed by atoms with Gasteiger partial charge in [-0.2, -0.15) is 5.26 Å². The van der Waals surface area contributed by atoms with E-state index in [2.05, 4.69) is 16.3 Å². The minimum Gasteiger partial charge on any atom is -0.396 e. The van der Waals surface area contributed by atoms with Gasteiger partial charge in [-0.15, -0.1) is 22.7 Å². The number of hydrogen-bond donors (Lipinski definition) is 2. The zero-order chi connectivity index (χ0) is 19.5. The predicted octanol–water partition coefficient (Wildman–Crippen LogP) is 4.55. The molecule has 3 aromatic rings. The van der Waals surface area contributed by atoms with E-state index in [4.69, 9.17) is 5.73 Å². The Morgan fingerprint density at radius 1 is 1.25 bits per heavy atom. The van der Waals surface area contributed by atoms with Gasteiger partial charge in [-0.1, -0.05) is 24.6 Å². The van der Waals surface area contributed by atoms with Crippen LogP contribution >= 0.6 is 22.7 Å². The molecule has 144 valence electrons. The van der Waals surface area contributed by atoms with Crippen molar-refractivity contribution >= 4 is 49.2 Å². The van der Waals surface area contributed by atoms with Crippen LogP contribution in [0.25, 0.3) is 10.1 Å². The monoisotopic (exact) mass is 410 g/mol. The number of nitrogens with zero attached hydrogens (tertiary/aromatic N) is 2. The van der Waals surface area contributed by atoms with Crippen LogP contribution < -0.4 is 11.1 Å². The number of carbonyl (C=O) groups is 1. The van der Waals surface area contributed by atoms with E-state index in [9.17, 15) is 10.1 Å². The number of nitrogens with two attached hydrogens (primary N) is 1. The molecule has 3 N–H and O–H groups in total. The number of nitriles is 1. The number of benzene rings is 1. The highest BCUT2D eigenvalue weighted by atomic mass is 32.1. The van der Waals surface area contributed by atoms with Crippen LogP contribution in [0.3, 0.4) is 0 Å². The quantitative estimate of drug-likeness (QED) is 0.583. The summed E-state index contributed by atoms with van der Waals surface area (Å²) in [6.45, 7) is 3.94. The van der Waals surface area contributed by atoms with E-state index < -0.39 is 0 Å². The molecule has 0 bridgehead atoms. The SMILES string of the molecule is N#Cc1c(NCCN2CCCCC2)sc(C(=O)c2csc3ccccc23)c1N. The van der Waals surface area contributed by atoms with E-state index in [0.717, 1.165) is 36.3 Å². The summed E-state index contributed by atoms with van der Waals surface area (Å²) in [6.07, 6.45) is 3.82. The third-order valence-electron chi connectivity index (χ3n) is 5.15. The fourth-order valence-corrected chi connectivity index (χ4v) is 5.63. The molecule has 4 rings (SSSR count). The van der Waals surface area contributed by atoms with Crippen LogP contribution in [0.4, 0.5) is 10.7 Å². The summed E-state index contributed by atoms with van der Waals surface area (Å²) < 4.78 is 1.07. The molecule has 0 amide bonds. The minimum atomic E-state index is -0.111. The number of piperidine rings is 1. The highest BCUT2D eigenvalue weighted by Crippen LogP contribution is 2.38. The van der Waals surface area contributed by atoms with Gasteiger partial charge in [-0.3, -0.25) is 4.79 Å². The van der Waals surface area contributed by atoms with Crippen molar-refractivity contribution in [3.05, 3.63) is 45.6 Å². The zero-order valence-corrected chi connectivity index (χ0v) is 17.2. The van der Waals surface area contributed by atoms with Crippen molar-refractivity contribution in [1.82, 2.24) is 4.90 Å². The van der Waals surface area contributed by atoms with Gasteiger partial charge in [-0.05, 0) is 32.0 Å². The van der Waals surface area contributed by atoms with Gasteiger partial charge < -0.3 is 16.0 Å². The Labute approximate surface area is 172 Å². The number of likely N-dealkylation sites (tertiary alicyclic amines) is 1. The number of hydrogen-bond acceptors (Lipinski definition) is 7. The van der Waals surface area contributed by atoms with E-state index in [0.29, 0.717) is 21.0 Å². The summed E-state index contributed by atoms with van der Waals surface area (Å²) in [5, 5.41) is 16.4. The summed E-state index contributed by atoms with van der Waals surface area (Å²) in [7, 11) is 0. The Hall–Kier alpha value is -2.40. The molecular formula is C21H22N4OS2. The number of rotatable bonds is 6. The second-order valence-corrected chi connectivity index (χ2v) is 8.90. The molecule has 0 radical (unpaired) electrons. The van der Waals surface area contributed by atoms with Gasteiger partial charge in [0.2, 0.25) is 5.78 Å². The Morgan fingerprint density at radius 2 is 2.04 bits per heavy atom. The molecule has 7 heteroatoms. The molecule has 0 saturated carbocycles. The summed E-state index contributed by atoms with van der Waals surface area (Å²) >= 11 is 2.84. The van der Waals surface area contributed by atoms with Crippen LogP contribution in [0.5, 0.6) is 0 Å². The molecule has 2 aromatic heterocycles. The third kappa shape index (κ3) is 3.63. The van der Waals surface area contributed by atoms with Crippen LogP contribution in [0.15, 0.2) is 29.6 Å². The van der Waals surface area contributed by atoms with Crippen LogP contribution in [0.2, 0.25) is 0 Å². The fraction of sp³-hybridized carbons (Fsp3) is 0.333. The van der Waals surface area contributed by atoms with Crippen molar-refractivity contribution in [1.29, 1.82) is 5.26 Å². The smallest absolute Gasteiger partial charge is 0.206 e. The largest absolute Gasteiger partial charge is 0.396 e. The Morgan fingerprint density at radius 3 is 2.82 bits per heavy atom. The molecule has 5 nitrogen and oxygen atoms in total. The first-order valence-electron chi connectivity index (χ1n) is 9.48. The number of nitrogens with one attached hydrogen (secondary N) is 1. The van der Waals surface area contributed by atoms with Gasteiger partial charge in [-0.25, -0.2) is 0 Å². The van der Waals surface area contributed by atoms with Crippen LogP contribution in [-0.4, -0.2) is 36.9 Å². The lowest BCUT2D eigenvalue weighted by Crippen LogP contribution is -2.33. The number of fused-ring (bicyclic) bond motifs is 1. The van der Waals surface area contributed by atoms with Crippen molar-refractivity contribution in [2.45, 2.75) is 19.3 Å². The van der Waals surface area contributed by atoms with E-state index in [1.165, 1.54) is 30.6 Å². The number of anilines is 2. The van der Waals surface area contributed by atoms with Crippen molar-refractivity contribution in [2.75, 3.05) is 37.2 Å². The van der Waals surface area contributed by atoms with Gasteiger partial charge in [0.25, 0.3) is 0 Å². The average Bonchev–Trinajstić information content (AvgIpc) is 3.29. The van der Waals surface area contributed by atoms with Gasteiger partial charge in [0, 0.05) is 34.1 Å². The summed E-state index contributed by atoms with van der Waals surface area (Å²) in [4.78, 5) is 16.0. The number of carbonyl (C=O) groups excluding carboxylic acids is 1. The second-order valence-electron chi connectivity index (χ2n) is 6.96. The van der Waals surface area contributed by atoms with Crippen LogP contribution in [0.1, 0.15) is 40.1 Å². The number of ketones is 1. The molecule has 1 fully saturated rings. The van der Waals surface area contributed by atoms with E-state index in [1.54, 1.807) is 11.3 Å². The summed E-state index contributed by atoms with van der Waals surface area (Å²) in [5.74, 6) is -0.111. The lowest BCUT2D eigenvalue weighted by atomic mass is 10.1. The first kappa shape index (κ1) is 18.9. The standard InChI is InChI=1S/C21H22N4OS2/c22-12-15-18(23)20(19(26)16-13-27-17-7-3-2-6-14(16)17)28-21(15)24-8-11-25-9-4-1-5-10-25/h2-3,6-7,13,24H,1,4-5,8-11,23H2. The van der Waals surface area contributed by atoms with Crippen molar-refractivity contribution < 1.29 is 4.79 Å². The molecule has 28 heavy (non-hydrogen) atoms. The molecule has 0 spiro atoms. The normalized spacial score (nSPS) is 14.8. The predicted molar refractivity (Wildman–Crippen MR) is 117 cm³/mol. The first-order chi connectivity index (χ1) is 13.7. The second kappa shape index (κ2) is 8.31. The van der Waals surface area contributed by atoms with Crippen LogP contribution in [0, 0.1) is 11.3 Å². The van der Waals surface area contributed by atoms with Crippen molar-refractivity contribution in [3.63, 3.8) is 0 Å². The molecule has 1 aromatic carbocycles. The Kier molecular flexibility index (Phi) is 5.62. The molecule has 0 unspecified atom stereocenters. The van der Waals surface area contributed by atoms with Crippen molar-refractivity contribution in [3.8, 4) is 6.07 Å². The van der Waals surface area contributed by atoms with E-state index in [1.807, 2.05) is 29.6 Å². The molecule has 0 atom stereocenters. The summed E-state index contributed by atoms with van der Waals surface area (Å²) in [6, 6.07) is 10.0. The maximum absolute atomic E-state index is 13.1. The lowest BCUT2D eigenvalue weighted by Gasteiger charge is -2.26. The third-order valence-corrected chi connectivity index (χ3v) is 7.28. The van der Waals surface area contributed by atoms with Crippen molar-refractivity contribution in [2.24, 2.45) is 0 Å². The maximum Gasteiger partial charge on any atom is 0.206 e. The average molecular weight is 411 g/mol. The van der Waals surface area contributed by atoms with E-state index in [-0.39, 0.29) is 11.5 Å². The Bertz CT molecular complexity index is 1040. The van der Waals surface area contributed by atoms with E-state index >= 15 is 0 Å². The zero-order valence-electron chi connectivity index (χ0n) is 15.5. The minimum absolute atomic E-state index is 0.111. The maximum atomic E-state index is 13.1. The highest BCUT2D eigenvalue weighted by Gasteiger charge is 2.24. The topological polar surface area (TPSA) is 82.2 Å². The van der Waals surface area contributed by atoms with Crippen LogP contribution in [-0.2, 0) is 0 Å².